The summed E-state index contributed by atoms with van der Waals surface area (Å²) in [4.78, 5) is 20.6. The highest BCUT2D eigenvalue weighted by Crippen LogP contribution is 2.28. The molecule has 2 N–H and O–H groups in total. The number of nitrogens with zero attached hydrogens (tertiary/aromatic N) is 2. The Morgan fingerprint density at radius 2 is 1.90 bits per heavy atom. The van der Waals surface area contributed by atoms with Crippen LogP contribution in [0.5, 0.6) is 0 Å². The van der Waals surface area contributed by atoms with E-state index >= 15 is 0 Å². The molecular formula is C15H18N4O. The van der Waals surface area contributed by atoms with Crippen molar-refractivity contribution < 1.29 is 4.79 Å². The minimum Gasteiger partial charge on any atom is -0.367 e. The minimum atomic E-state index is 0.174. The number of amides is 1. The first-order valence-electron chi connectivity index (χ1n) is 6.99. The molecule has 2 aromatic rings. The molecular weight excluding hydrogens is 252 g/mol. The minimum absolute atomic E-state index is 0.174. The van der Waals surface area contributed by atoms with Crippen molar-refractivity contribution in [3.8, 4) is 0 Å². The van der Waals surface area contributed by atoms with Crippen LogP contribution in [0.15, 0.2) is 24.3 Å². The van der Waals surface area contributed by atoms with Crippen LogP contribution in [0.1, 0.15) is 18.5 Å². The summed E-state index contributed by atoms with van der Waals surface area (Å²) in [7, 11) is 0. The number of hydrogen-bond acceptors (Lipinski definition) is 4. The second kappa shape index (κ2) is 5.45. The second-order valence-electron chi connectivity index (χ2n) is 5.14. The van der Waals surface area contributed by atoms with Gasteiger partial charge in [-0.1, -0.05) is 12.1 Å². The molecule has 0 aliphatic heterocycles. The standard InChI is InChI=1S/C15H18N4O/c1-10-14(16-8-9-17-15(20)11-6-7-11)19-13-5-3-2-4-12(13)18-10/h2-5,11H,6-9H2,1H3,(H,16,19)(H,17,20). The van der Waals surface area contributed by atoms with Gasteiger partial charge in [-0.15, -0.1) is 0 Å². The molecule has 5 heteroatoms. The van der Waals surface area contributed by atoms with Crippen LogP contribution in [0.3, 0.4) is 0 Å². The summed E-state index contributed by atoms with van der Waals surface area (Å²) < 4.78 is 0. The van der Waals surface area contributed by atoms with Gasteiger partial charge in [0.2, 0.25) is 5.91 Å². The molecule has 104 valence electrons. The number of aromatic nitrogens is 2. The maximum atomic E-state index is 11.5. The Morgan fingerprint density at radius 1 is 1.20 bits per heavy atom. The number of carbonyl (C=O) groups excluding carboxylic acids is 1. The molecule has 1 aliphatic carbocycles. The molecule has 1 fully saturated rings. The molecule has 1 heterocycles. The van der Waals surface area contributed by atoms with E-state index in [2.05, 4.69) is 20.6 Å². The summed E-state index contributed by atoms with van der Waals surface area (Å²) in [5.41, 5.74) is 2.65. The summed E-state index contributed by atoms with van der Waals surface area (Å²) in [6, 6.07) is 7.81. The van der Waals surface area contributed by atoms with E-state index in [0.717, 1.165) is 35.4 Å². The van der Waals surface area contributed by atoms with E-state index in [-0.39, 0.29) is 11.8 Å². The van der Waals surface area contributed by atoms with Crippen LogP contribution >= 0.6 is 0 Å². The lowest BCUT2D eigenvalue weighted by Gasteiger charge is -2.10. The Hall–Kier alpha value is -2.17. The predicted octanol–water partition coefficient (Wildman–Crippen LogP) is 1.88. The van der Waals surface area contributed by atoms with E-state index in [1.165, 1.54) is 0 Å². The number of para-hydroxylation sites is 2. The first-order chi connectivity index (χ1) is 9.74. The topological polar surface area (TPSA) is 66.9 Å². The fraction of sp³-hybridized carbons (Fsp3) is 0.400. The lowest BCUT2D eigenvalue weighted by Crippen LogP contribution is -2.30. The number of hydrogen-bond donors (Lipinski definition) is 2. The molecule has 1 saturated carbocycles. The van der Waals surface area contributed by atoms with Crippen molar-refractivity contribution in [3.05, 3.63) is 30.0 Å². The molecule has 0 spiro atoms. The molecule has 5 nitrogen and oxygen atoms in total. The van der Waals surface area contributed by atoms with Gasteiger partial charge in [0.15, 0.2) is 0 Å². The molecule has 1 amide bonds. The lowest BCUT2D eigenvalue weighted by atomic mass is 10.3. The van der Waals surface area contributed by atoms with E-state index in [9.17, 15) is 4.79 Å². The van der Waals surface area contributed by atoms with Gasteiger partial charge < -0.3 is 10.6 Å². The smallest absolute Gasteiger partial charge is 0.223 e. The van der Waals surface area contributed by atoms with Crippen molar-refractivity contribution in [1.29, 1.82) is 0 Å². The summed E-state index contributed by atoms with van der Waals surface area (Å²) in [5.74, 6) is 1.22. The van der Waals surface area contributed by atoms with Crippen molar-refractivity contribution in [1.82, 2.24) is 15.3 Å². The molecule has 0 saturated heterocycles. The predicted molar refractivity (Wildman–Crippen MR) is 78.5 cm³/mol. The van der Waals surface area contributed by atoms with Crippen LogP contribution in [0.4, 0.5) is 5.82 Å². The van der Waals surface area contributed by atoms with Gasteiger partial charge in [-0.05, 0) is 31.9 Å². The first-order valence-corrected chi connectivity index (χ1v) is 6.99. The second-order valence-corrected chi connectivity index (χ2v) is 5.14. The zero-order valence-corrected chi connectivity index (χ0v) is 11.5. The largest absolute Gasteiger partial charge is 0.367 e. The van der Waals surface area contributed by atoms with Gasteiger partial charge in [0.05, 0.1) is 16.7 Å². The number of fused-ring (bicyclic) bond motifs is 1. The third kappa shape index (κ3) is 2.87. The van der Waals surface area contributed by atoms with Crippen LogP contribution in [-0.4, -0.2) is 29.0 Å². The van der Waals surface area contributed by atoms with Crippen LogP contribution < -0.4 is 10.6 Å². The van der Waals surface area contributed by atoms with Crippen molar-refractivity contribution >= 4 is 22.8 Å². The van der Waals surface area contributed by atoms with E-state index < -0.39 is 0 Å². The summed E-state index contributed by atoms with van der Waals surface area (Å²) in [6.07, 6.45) is 2.07. The highest BCUT2D eigenvalue weighted by atomic mass is 16.2. The van der Waals surface area contributed by atoms with Gasteiger partial charge in [0.1, 0.15) is 5.82 Å². The SMILES string of the molecule is Cc1nc2ccccc2nc1NCCNC(=O)C1CC1. The molecule has 20 heavy (non-hydrogen) atoms. The molecule has 0 bridgehead atoms. The third-order valence-corrected chi connectivity index (χ3v) is 3.41. The van der Waals surface area contributed by atoms with Crippen molar-refractivity contribution in [3.63, 3.8) is 0 Å². The van der Waals surface area contributed by atoms with Gasteiger partial charge in [-0.2, -0.15) is 0 Å². The van der Waals surface area contributed by atoms with Gasteiger partial charge in [-0.25, -0.2) is 9.97 Å². The van der Waals surface area contributed by atoms with Gasteiger partial charge >= 0.3 is 0 Å². The first kappa shape index (κ1) is 12.8. The Kier molecular flexibility index (Phi) is 3.50. The van der Waals surface area contributed by atoms with Crippen LogP contribution in [0, 0.1) is 12.8 Å². The molecule has 3 rings (SSSR count). The number of carbonyl (C=O) groups is 1. The fourth-order valence-corrected chi connectivity index (χ4v) is 2.11. The fourth-order valence-electron chi connectivity index (χ4n) is 2.11. The third-order valence-electron chi connectivity index (χ3n) is 3.41. The average Bonchev–Trinajstić information content (AvgIpc) is 3.28. The Balaban J connectivity index is 1.59. The number of aryl methyl sites for hydroxylation is 1. The zero-order valence-electron chi connectivity index (χ0n) is 11.5. The van der Waals surface area contributed by atoms with E-state index in [4.69, 9.17) is 0 Å². The van der Waals surface area contributed by atoms with Crippen LogP contribution in [0.2, 0.25) is 0 Å². The maximum Gasteiger partial charge on any atom is 0.223 e. The van der Waals surface area contributed by atoms with Gasteiger partial charge in [0, 0.05) is 19.0 Å². The molecule has 0 unspecified atom stereocenters. The zero-order chi connectivity index (χ0) is 13.9. The van der Waals surface area contributed by atoms with Crippen molar-refractivity contribution in [2.75, 3.05) is 18.4 Å². The molecule has 1 aromatic carbocycles. The van der Waals surface area contributed by atoms with E-state index in [0.29, 0.717) is 13.1 Å². The number of rotatable bonds is 5. The number of benzene rings is 1. The Bertz CT molecular complexity index is 637. The molecule has 0 atom stereocenters. The monoisotopic (exact) mass is 270 g/mol. The van der Waals surface area contributed by atoms with E-state index in [1.807, 2.05) is 31.2 Å². The lowest BCUT2D eigenvalue weighted by molar-refractivity contribution is -0.122. The normalized spacial score (nSPS) is 14.2. The summed E-state index contributed by atoms with van der Waals surface area (Å²) >= 11 is 0. The highest BCUT2D eigenvalue weighted by molar-refractivity contribution is 5.80. The van der Waals surface area contributed by atoms with Crippen LogP contribution in [0.25, 0.3) is 11.0 Å². The molecule has 1 aliphatic rings. The molecule has 1 aromatic heterocycles. The van der Waals surface area contributed by atoms with Crippen molar-refractivity contribution in [2.45, 2.75) is 19.8 Å². The van der Waals surface area contributed by atoms with Gasteiger partial charge in [-0.3, -0.25) is 4.79 Å². The Labute approximate surface area is 117 Å². The van der Waals surface area contributed by atoms with Crippen molar-refractivity contribution in [2.24, 2.45) is 5.92 Å². The van der Waals surface area contributed by atoms with Crippen LogP contribution in [-0.2, 0) is 4.79 Å². The maximum absolute atomic E-state index is 11.5. The number of nitrogens with one attached hydrogen (secondary N) is 2. The molecule has 0 radical (unpaired) electrons. The summed E-state index contributed by atoms with van der Waals surface area (Å²) in [5, 5.41) is 6.15. The van der Waals surface area contributed by atoms with Gasteiger partial charge in [0.25, 0.3) is 0 Å². The highest BCUT2D eigenvalue weighted by Gasteiger charge is 2.28. The summed E-state index contributed by atoms with van der Waals surface area (Å²) in [6.45, 7) is 3.21. The Morgan fingerprint density at radius 3 is 2.60 bits per heavy atom. The van der Waals surface area contributed by atoms with E-state index in [1.54, 1.807) is 0 Å². The quantitative estimate of drug-likeness (QED) is 0.814. The average molecular weight is 270 g/mol. The number of anilines is 1.